The zero-order valence-electron chi connectivity index (χ0n) is 52.6. The van der Waals surface area contributed by atoms with Gasteiger partial charge in [-0.2, -0.15) is 0 Å². The van der Waals surface area contributed by atoms with Crippen LogP contribution in [0.15, 0.2) is 72.9 Å². The Hall–Kier alpha value is -3.15. The molecule has 0 rings (SSSR count). The minimum atomic E-state index is -0.770. The molecule has 6 heteroatoms. The van der Waals surface area contributed by atoms with Gasteiger partial charge in [0.1, 0.15) is 13.2 Å². The lowest BCUT2D eigenvalue weighted by Crippen LogP contribution is -2.30. The lowest BCUT2D eigenvalue weighted by Gasteiger charge is -2.18. The minimum Gasteiger partial charge on any atom is -0.462 e. The highest BCUT2D eigenvalue weighted by atomic mass is 16.6. The van der Waals surface area contributed by atoms with Crippen LogP contribution in [0.4, 0.5) is 0 Å². The summed E-state index contributed by atoms with van der Waals surface area (Å²) in [5.74, 6) is -0.849. The number of unbranched alkanes of at least 4 members (excludes halogenated alkanes) is 40. The summed E-state index contributed by atoms with van der Waals surface area (Å²) in [4.78, 5) is 38.3. The zero-order valence-corrected chi connectivity index (χ0v) is 52.6. The first-order chi connectivity index (χ1) is 39.0. The van der Waals surface area contributed by atoms with Gasteiger partial charge in [-0.05, 0) is 70.6 Å². The number of allylic oxidation sites excluding steroid dienone is 12. The smallest absolute Gasteiger partial charge is 0.306 e. The Kier molecular flexibility index (Phi) is 64.7. The van der Waals surface area contributed by atoms with Crippen molar-refractivity contribution in [2.24, 2.45) is 0 Å². The highest BCUT2D eigenvalue weighted by Gasteiger charge is 2.19. The number of hydrogen-bond donors (Lipinski definition) is 0. The SMILES string of the molecule is CC/C=C\C/C=C\C/C=C\C/C=C\C/C=C\C/C=C\CCCCCCCCCCCCCCCCC(=O)OCC(COC(=O)CCCCCCCCCCCC)OC(=O)CCCCCCCCCCCCCCCCCCCC. The summed E-state index contributed by atoms with van der Waals surface area (Å²) in [6.45, 7) is 6.57. The van der Waals surface area contributed by atoms with Crippen LogP contribution in [0, 0.1) is 0 Å². The van der Waals surface area contributed by atoms with Gasteiger partial charge in [0, 0.05) is 19.3 Å². The van der Waals surface area contributed by atoms with E-state index in [2.05, 4.69) is 93.7 Å². The largest absolute Gasteiger partial charge is 0.462 e. The normalized spacial score (nSPS) is 12.5. The molecule has 0 bridgehead atoms. The first-order valence-electron chi connectivity index (χ1n) is 34.4. The first kappa shape index (κ1) is 75.8. The fourth-order valence-corrected chi connectivity index (χ4v) is 10.1. The summed E-state index contributed by atoms with van der Waals surface area (Å²) < 4.78 is 16.9. The second kappa shape index (κ2) is 67.4. The molecule has 79 heavy (non-hydrogen) atoms. The fraction of sp³-hybridized carbons (Fsp3) is 0.795. The predicted octanol–water partition coefficient (Wildman–Crippen LogP) is 23.7. The molecule has 0 aliphatic carbocycles. The molecule has 0 aliphatic heterocycles. The Morgan fingerprint density at radius 3 is 0.772 bits per heavy atom. The van der Waals surface area contributed by atoms with Crippen molar-refractivity contribution in [3.8, 4) is 0 Å². The van der Waals surface area contributed by atoms with E-state index in [9.17, 15) is 14.4 Å². The zero-order chi connectivity index (χ0) is 57.1. The van der Waals surface area contributed by atoms with Crippen LogP contribution in [-0.2, 0) is 28.6 Å². The lowest BCUT2D eigenvalue weighted by molar-refractivity contribution is -0.167. The second-order valence-corrected chi connectivity index (χ2v) is 23.1. The monoisotopic (exact) mass is 1100 g/mol. The van der Waals surface area contributed by atoms with Crippen molar-refractivity contribution in [1.82, 2.24) is 0 Å². The van der Waals surface area contributed by atoms with E-state index in [1.54, 1.807) is 0 Å². The molecule has 458 valence electrons. The molecule has 0 saturated carbocycles. The van der Waals surface area contributed by atoms with Gasteiger partial charge in [-0.3, -0.25) is 14.4 Å². The van der Waals surface area contributed by atoms with Gasteiger partial charge in [0.25, 0.3) is 0 Å². The average molecular weight is 1100 g/mol. The number of rotatable bonds is 63. The van der Waals surface area contributed by atoms with Crippen LogP contribution in [0.1, 0.15) is 355 Å². The maximum Gasteiger partial charge on any atom is 0.306 e. The molecule has 6 nitrogen and oxygen atoms in total. The molecule has 0 aromatic heterocycles. The van der Waals surface area contributed by atoms with Crippen molar-refractivity contribution in [2.75, 3.05) is 13.2 Å². The predicted molar refractivity (Wildman–Crippen MR) is 344 cm³/mol. The Morgan fingerprint density at radius 1 is 0.266 bits per heavy atom. The van der Waals surface area contributed by atoms with E-state index < -0.39 is 6.10 Å². The van der Waals surface area contributed by atoms with Gasteiger partial charge in [0.2, 0.25) is 0 Å². The van der Waals surface area contributed by atoms with E-state index >= 15 is 0 Å². The summed E-state index contributed by atoms with van der Waals surface area (Å²) in [7, 11) is 0. The molecule has 0 radical (unpaired) electrons. The molecule has 0 heterocycles. The van der Waals surface area contributed by atoms with E-state index in [1.807, 2.05) is 0 Å². The fourth-order valence-electron chi connectivity index (χ4n) is 10.1. The van der Waals surface area contributed by atoms with Gasteiger partial charge in [-0.15, -0.1) is 0 Å². The lowest BCUT2D eigenvalue weighted by atomic mass is 10.0. The quantitative estimate of drug-likeness (QED) is 0.0261. The molecular weight excluding hydrogens is 973 g/mol. The molecule has 0 fully saturated rings. The Bertz CT molecular complexity index is 1450. The molecule has 0 saturated heterocycles. The van der Waals surface area contributed by atoms with Gasteiger partial charge in [0.15, 0.2) is 6.10 Å². The number of ether oxygens (including phenoxy) is 3. The van der Waals surface area contributed by atoms with Gasteiger partial charge in [-0.25, -0.2) is 0 Å². The standard InChI is InChI=1S/C73H130O6/c1-4-7-10-13-16-19-22-24-26-28-30-31-32-33-34-35-36-37-38-39-40-41-42-43-44-46-47-49-51-54-57-60-63-66-72(75)78-69-70(68-77-71(74)65-62-59-56-53-21-18-15-12-9-6-3)79-73(76)67-64-61-58-55-52-50-48-45-29-27-25-23-20-17-14-11-8-5-2/h7,10,16,19,24,26,30-31,33-34,36-37,70H,4-6,8-9,11-15,17-18,20-23,25,27-29,32,35,38-69H2,1-3H3/b10-7-,19-16-,26-24-,31-30-,34-33-,37-36-. The van der Waals surface area contributed by atoms with E-state index in [0.717, 1.165) is 96.3 Å². The minimum absolute atomic E-state index is 0.0684. The van der Waals surface area contributed by atoms with Crippen molar-refractivity contribution >= 4 is 17.9 Å². The molecule has 1 unspecified atom stereocenters. The molecule has 0 aromatic carbocycles. The van der Waals surface area contributed by atoms with E-state index in [4.69, 9.17) is 14.2 Å². The molecule has 0 aliphatic rings. The van der Waals surface area contributed by atoms with Gasteiger partial charge in [0.05, 0.1) is 0 Å². The second-order valence-electron chi connectivity index (χ2n) is 23.1. The summed E-state index contributed by atoms with van der Waals surface area (Å²) in [5, 5.41) is 0. The maximum absolute atomic E-state index is 12.9. The third-order valence-corrected chi connectivity index (χ3v) is 15.2. The van der Waals surface area contributed by atoms with Crippen molar-refractivity contribution in [3.63, 3.8) is 0 Å². The number of hydrogen-bond acceptors (Lipinski definition) is 6. The molecule has 1 atom stereocenters. The average Bonchev–Trinajstić information content (AvgIpc) is 3.45. The maximum atomic E-state index is 12.9. The molecule has 0 amide bonds. The van der Waals surface area contributed by atoms with Crippen LogP contribution in [0.3, 0.4) is 0 Å². The van der Waals surface area contributed by atoms with Crippen molar-refractivity contribution < 1.29 is 28.6 Å². The van der Waals surface area contributed by atoms with E-state index in [-0.39, 0.29) is 31.1 Å². The van der Waals surface area contributed by atoms with Crippen molar-refractivity contribution in [3.05, 3.63) is 72.9 Å². The molecule has 0 N–H and O–H groups in total. The molecule has 0 aromatic rings. The van der Waals surface area contributed by atoms with E-state index in [1.165, 1.54) is 218 Å². The summed E-state index contributed by atoms with van der Waals surface area (Å²) in [6, 6.07) is 0. The third-order valence-electron chi connectivity index (χ3n) is 15.2. The van der Waals surface area contributed by atoms with Crippen LogP contribution in [0.5, 0.6) is 0 Å². The van der Waals surface area contributed by atoms with Crippen molar-refractivity contribution in [2.45, 2.75) is 361 Å². The van der Waals surface area contributed by atoms with Gasteiger partial charge < -0.3 is 14.2 Å². The topological polar surface area (TPSA) is 78.9 Å². The summed E-state index contributed by atoms with van der Waals surface area (Å²) >= 11 is 0. The molecule has 0 spiro atoms. The number of esters is 3. The van der Waals surface area contributed by atoms with Crippen LogP contribution in [0.2, 0.25) is 0 Å². The highest BCUT2D eigenvalue weighted by Crippen LogP contribution is 2.18. The third kappa shape index (κ3) is 65.5. The van der Waals surface area contributed by atoms with Gasteiger partial charge in [-0.1, -0.05) is 338 Å². The van der Waals surface area contributed by atoms with Crippen LogP contribution >= 0.6 is 0 Å². The Labute approximate surface area is 491 Å². The summed E-state index contributed by atoms with van der Waals surface area (Å²) in [6.07, 6.45) is 87.9. The van der Waals surface area contributed by atoms with E-state index in [0.29, 0.717) is 19.3 Å². The van der Waals surface area contributed by atoms with Crippen LogP contribution < -0.4 is 0 Å². The Morgan fingerprint density at radius 2 is 0.494 bits per heavy atom. The number of carbonyl (C=O) groups is 3. The highest BCUT2D eigenvalue weighted by molar-refractivity contribution is 5.71. The van der Waals surface area contributed by atoms with Crippen LogP contribution in [-0.4, -0.2) is 37.2 Å². The van der Waals surface area contributed by atoms with Crippen molar-refractivity contribution in [1.29, 1.82) is 0 Å². The first-order valence-corrected chi connectivity index (χ1v) is 34.4. The van der Waals surface area contributed by atoms with Crippen LogP contribution in [0.25, 0.3) is 0 Å². The summed E-state index contributed by atoms with van der Waals surface area (Å²) in [5.41, 5.74) is 0. The molecular formula is C73H130O6. The number of carbonyl (C=O) groups excluding carboxylic acids is 3. The van der Waals surface area contributed by atoms with Gasteiger partial charge >= 0.3 is 17.9 Å². The Balaban J connectivity index is 4.12.